The molecule has 0 bridgehead atoms. The molecule has 2 rings (SSSR count). The van der Waals surface area contributed by atoms with Crippen LogP contribution in [0.25, 0.3) is 0 Å². The van der Waals surface area contributed by atoms with Crippen LogP contribution in [0.15, 0.2) is 0 Å². The minimum absolute atomic E-state index is 0.0861. The number of carbonyl (C=O) groups is 1. The van der Waals surface area contributed by atoms with E-state index in [0.717, 1.165) is 13.1 Å². The van der Waals surface area contributed by atoms with Crippen molar-refractivity contribution in [1.29, 1.82) is 0 Å². The molecule has 2 fully saturated rings. The number of hydrogen-bond donors (Lipinski definition) is 2. The van der Waals surface area contributed by atoms with E-state index in [-0.39, 0.29) is 24.9 Å². The predicted octanol–water partition coefficient (Wildman–Crippen LogP) is 1.18. The number of halogens is 2. The molecule has 1 heterocycles. The van der Waals surface area contributed by atoms with Gasteiger partial charge in [-0.2, -0.15) is 0 Å². The van der Waals surface area contributed by atoms with Crippen LogP contribution >= 0.6 is 0 Å². The van der Waals surface area contributed by atoms with Crippen molar-refractivity contribution in [3.8, 4) is 0 Å². The summed E-state index contributed by atoms with van der Waals surface area (Å²) >= 11 is 0. The number of nitrogens with one attached hydrogen (secondary N) is 2. The number of hydrogen-bond acceptors (Lipinski definition) is 2. The number of rotatable bonds is 1. The summed E-state index contributed by atoms with van der Waals surface area (Å²) in [6.07, 6.45) is 0.536. The van der Waals surface area contributed by atoms with Crippen LogP contribution in [0.1, 0.15) is 25.7 Å². The van der Waals surface area contributed by atoms with Crippen molar-refractivity contribution < 1.29 is 13.6 Å². The molecule has 1 aliphatic heterocycles. The van der Waals surface area contributed by atoms with E-state index < -0.39 is 5.92 Å². The molecule has 0 unspecified atom stereocenters. The Hall–Kier alpha value is -0.910. The lowest BCUT2D eigenvalue weighted by atomic mass is 9.92. The Kier molecular flexibility index (Phi) is 3.81. The van der Waals surface area contributed by atoms with E-state index in [4.69, 9.17) is 0 Å². The van der Waals surface area contributed by atoms with Gasteiger partial charge < -0.3 is 15.5 Å². The monoisotopic (exact) mass is 247 g/mol. The summed E-state index contributed by atoms with van der Waals surface area (Å²) in [5, 5.41) is 6.02. The van der Waals surface area contributed by atoms with Gasteiger partial charge >= 0.3 is 6.03 Å². The smallest absolute Gasteiger partial charge is 0.317 e. The highest BCUT2D eigenvalue weighted by molar-refractivity contribution is 5.74. The van der Waals surface area contributed by atoms with Crippen molar-refractivity contribution in [1.82, 2.24) is 15.5 Å². The van der Waals surface area contributed by atoms with Gasteiger partial charge in [-0.25, -0.2) is 13.6 Å². The lowest BCUT2D eigenvalue weighted by molar-refractivity contribution is -0.0398. The van der Waals surface area contributed by atoms with Crippen molar-refractivity contribution in [2.45, 2.75) is 37.6 Å². The van der Waals surface area contributed by atoms with Crippen LogP contribution in [0.4, 0.5) is 13.6 Å². The van der Waals surface area contributed by atoms with Gasteiger partial charge in [0.2, 0.25) is 5.92 Å². The largest absolute Gasteiger partial charge is 0.335 e. The van der Waals surface area contributed by atoms with Crippen LogP contribution < -0.4 is 10.6 Å². The third-order valence-electron chi connectivity index (χ3n) is 3.45. The molecule has 0 aromatic carbocycles. The van der Waals surface area contributed by atoms with Crippen LogP contribution in [0, 0.1) is 0 Å². The van der Waals surface area contributed by atoms with Gasteiger partial charge in [0.25, 0.3) is 0 Å². The molecule has 0 spiro atoms. The first-order chi connectivity index (χ1) is 8.07. The Balaban J connectivity index is 1.75. The number of alkyl halides is 2. The molecule has 0 atom stereocenters. The first-order valence-corrected chi connectivity index (χ1v) is 6.21. The maximum Gasteiger partial charge on any atom is 0.317 e. The quantitative estimate of drug-likeness (QED) is 0.731. The molecule has 98 valence electrons. The van der Waals surface area contributed by atoms with Gasteiger partial charge in [0.1, 0.15) is 0 Å². The Labute approximate surface area is 99.7 Å². The fourth-order valence-corrected chi connectivity index (χ4v) is 2.32. The van der Waals surface area contributed by atoms with E-state index in [1.54, 1.807) is 4.90 Å². The first-order valence-electron chi connectivity index (χ1n) is 6.21. The summed E-state index contributed by atoms with van der Waals surface area (Å²) in [5.74, 6) is -2.53. The fraction of sp³-hybridized carbons (Fsp3) is 0.909. The molecule has 2 N–H and O–H groups in total. The van der Waals surface area contributed by atoms with Gasteiger partial charge in [-0.1, -0.05) is 0 Å². The molecule has 1 aliphatic carbocycles. The lowest BCUT2D eigenvalue weighted by Gasteiger charge is -2.32. The van der Waals surface area contributed by atoms with E-state index in [0.29, 0.717) is 25.9 Å². The zero-order valence-corrected chi connectivity index (χ0v) is 9.85. The van der Waals surface area contributed by atoms with Gasteiger partial charge in [0.15, 0.2) is 0 Å². The average Bonchev–Trinajstić information content (AvgIpc) is 2.33. The molecule has 0 aromatic rings. The predicted molar refractivity (Wildman–Crippen MR) is 60.2 cm³/mol. The third-order valence-corrected chi connectivity index (χ3v) is 3.45. The van der Waals surface area contributed by atoms with Crippen LogP contribution in [-0.2, 0) is 0 Å². The summed E-state index contributed by atoms with van der Waals surface area (Å²) in [5.41, 5.74) is 0. The standard InChI is InChI=1S/C11H19F2N3O/c12-11(13)3-1-9(2-4-11)15-10(17)16-7-5-14-6-8-16/h9,14H,1-8H2,(H,15,17). The molecule has 17 heavy (non-hydrogen) atoms. The fourth-order valence-electron chi connectivity index (χ4n) is 2.32. The Morgan fingerprint density at radius 1 is 1.24 bits per heavy atom. The van der Waals surface area contributed by atoms with Crippen LogP contribution in [0.2, 0.25) is 0 Å². The van der Waals surface area contributed by atoms with Gasteiger partial charge in [-0.3, -0.25) is 0 Å². The van der Waals surface area contributed by atoms with Crippen LogP contribution in [-0.4, -0.2) is 49.1 Å². The molecular formula is C11H19F2N3O. The van der Waals surface area contributed by atoms with Crippen LogP contribution in [0.5, 0.6) is 0 Å². The highest BCUT2D eigenvalue weighted by atomic mass is 19.3. The molecule has 0 radical (unpaired) electrons. The molecular weight excluding hydrogens is 228 g/mol. The van der Waals surface area contributed by atoms with Crippen molar-refractivity contribution in [2.24, 2.45) is 0 Å². The number of carbonyl (C=O) groups excluding carboxylic acids is 1. The molecule has 6 heteroatoms. The SMILES string of the molecule is O=C(NC1CCC(F)(F)CC1)N1CCNCC1. The molecule has 2 amide bonds. The number of nitrogens with zero attached hydrogens (tertiary/aromatic N) is 1. The van der Waals surface area contributed by atoms with E-state index >= 15 is 0 Å². The lowest BCUT2D eigenvalue weighted by Crippen LogP contribution is -2.53. The highest BCUT2D eigenvalue weighted by Gasteiger charge is 2.35. The van der Waals surface area contributed by atoms with E-state index in [9.17, 15) is 13.6 Å². The maximum atomic E-state index is 12.9. The Bertz CT molecular complexity index is 270. The Morgan fingerprint density at radius 2 is 1.82 bits per heavy atom. The summed E-state index contributed by atoms with van der Waals surface area (Å²) in [4.78, 5) is 13.6. The zero-order chi connectivity index (χ0) is 12.3. The summed E-state index contributed by atoms with van der Waals surface area (Å²) in [6.45, 7) is 2.98. The van der Waals surface area contributed by atoms with Crippen molar-refractivity contribution in [2.75, 3.05) is 26.2 Å². The third kappa shape index (κ3) is 3.52. The molecule has 1 saturated carbocycles. The zero-order valence-electron chi connectivity index (χ0n) is 9.85. The number of urea groups is 1. The number of amides is 2. The number of piperazine rings is 1. The summed E-state index contributed by atoms with van der Waals surface area (Å²) < 4.78 is 25.9. The second kappa shape index (κ2) is 5.16. The molecule has 2 aliphatic rings. The molecule has 1 saturated heterocycles. The van der Waals surface area contributed by atoms with Crippen LogP contribution in [0.3, 0.4) is 0 Å². The van der Waals surface area contributed by atoms with Gasteiger partial charge in [-0.15, -0.1) is 0 Å². The second-order valence-electron chi connectivity index (χ2n) is 4.82. The van der Waals surface area contributed by atoms with Gasteiger partial charge in [-0.05, 0) is 12.8 Å². The van der Waals surface area contributed by atoms with Gasteiger partial charge in [0, 0.05) is 45.1 Å². The average molecular weight is 247 g/mol. The highest BCUT2D eigenvalue weighted by Crippen LogP contribution is 2.32. The summed E-state index contributed by atoms with van der Waals surface area (Å²) in [6, 6.07) is -0.196. The van der Waals surface area contributed by atoms with Crippen molar-refractivity contribution in [3.63, 3.8) is 0 Å². The molecule has 0 aromatic heterocycles. The normalized spacial score (nSPS) is 25.6. The minimum Gasteiger partial charge on any atom is -0.335 e. The van der Waals surface area contributed by atoms with E-state index in [1.807, 2.05) is 0 Å². The van der Waals surface area contributed by atoms with Crippen molar-refractivity contribution in [3.05, 3.63) is 0 Å². The maximum absolute atomic E-state index is 12.9. The minimum atomic E-state index is -2.53. The molecule has 4 nitrogen and oxygen atoms in total. The summed E-state index contributed by atoms with van der Waals surface area (Å²) in [7, 11) is 0. The second-order valence-corrected chi connectivity index (χ2v) is 4.82. The topological polar surface area (TPSA) is 44.4 Å². The first kappa shape index (κ1) is 12.5. The van der Waals surface area contributed by atoms with E-state index in [1.165, 1.54) is 0 Å². The van der Waals surface area contributed by atoms with E-state index in [2.05, 4.69) is 10.6 Å². The Morgan fingerprint density at radius 3 is 2.41 bits per heavy atom. The van der Waals surface area contributed by atoms with Gasteiger partial charge in [0.05, 0.1) is 0 Å². The van der Waals surface area contributed by atoms with Crippen molar-refractivity contribution >= 4 is 6.03 Å².